The molecule has 0 unspecified atom stereocenters. The molecule has 5 nitrogen and oxygen atoms in total. The second kappa shape index (κ2) is 5.35. The minimum Gasteiger partial charge on any atom is -0.491 e. The van der Waals surface area contributed by atoms with E-state index in [1.807, 2.05) is 38.1 Å². The van der Waals surface area contributed by atoms with Crippen LogP contribution in [0.2, 0.25) is 0 Å². The normalized spacial score (nSPS) is 10.4. The van der Waals surface area contributed by atoms with Crippen LogP contribution < -0.4 is 15.8 Å². The maximum Gasteiger partial charge on any atom is 0.135 e. The molecule has 0 fully saturated rings. The molecule has 2 rings (SSSR count). The average molecular weight is 244 g/mol. The number of nitrogens with one attached hydrogen (secondary N) is 1. The second-order valence-corrected chi connectivity index (χ2v) is 4.14. The molecule has 1 aromatic heterocycles. The first kappa shape index (κ1) is 12.2. The largest absolute Gasteiger partial charge is 0.491 e. The van der Waals surface area contributed by atoms with Gasteiger partial charge in [-0.05, 0) is 38.1 Å². The minimum atomic E-state index is 0.172. The number of ether oxygens (including phenoxy) is 1. The predicted octanol–water partition coefficient (Wildman–Crippen LogP) is 2.59. The number of nitrogens with zero attached hydrogens (tertiary/aromatic N) is 2. The highest BCUT2D eigenvalue weighted by atomic mass is 16.5. The monoisotopic (exact) mass is 244 g/mol. The molecule has 1 aromatic carbocycles. The number of hydrogen-bond acceptors (Lipinski definition) is 5. The molecular formula is C13H16N4O. The van der Waals surface area contributed by atoms with Gasteiger partial charge in [-0.1, -0.05) is 0 Å². The fourth-order valence-electron chi connectivity index (χ4n) is 1.48. The van der Waals surface area contributed by atoms with Crippen LogP contribution in [0.15, 0.2) is 36.7 Å². The number of hydrogen-bond donors (Lipinski definition) is 2. The molecule has 1 heterocycles. The summed E-state index contributed by atoms with van der Waals surface area (Å²) in [4.78, 5) is 7.91. The number of rotatable bonds is 4. The van der Waals surface area contributed by atoms with Crippen LogP contribution in [0, 0.1) is 0 Å². The van der Waals surface area contributed by atoms with Crippen molar-refractivity contribution in [2.75, 3.05) is 11.1 Å². The van der Waals surface area contributed by atoms with Gasteiger partial charge in [-0.2, -0.15) is 0 Å². The van der Waals surface area contributed by atoms with Gasteiger partial charge in [0.1, 0.15) is 23.7 Å². The first-order valence-corrected chi connectivity index (χ1v) is 5.75. The summed E-state index contributed by atoms with van der Waals surface area (Å²) in [6, 6.07) is 9.35. The molecule has 0 amide bonds. The highest BCUT2D eigenvalue weighted by Crippen LogP contribution is 2.19. The molecule has 5 heteroatoms. The summed E-state index contributed by atoms with van der Waals surface area (Å²) in [6.07, 6.45) is 1.60. The van der Waals surface area contributed by atoms with Crippen molar-refractivity contribution in [1.82, 2.24) is 9.97 Å². The highest BCUT2D eigenvalue weighted by Gasteiger charge is 2.00. The van der Waals surface area contributed by atoms with Gasteiger partial charge in [0, 0.05) is 11.8 Å². The molecule has 0 radical (unpaired) electrons. The van der Waals surface area contributed by atoms with Gasteiger partial charge in [0.2, 0.25) is 0 Å². The molecule has 0 saturated heterocycles. The molecule has 0 spiro atoms. The first-order valence-electron chi connectivity index (χ1n) is 5.75. The number of aromatic nitrogens is 2. The van der Waals surface area contributed by atoms with Gasteiger partial charge in [0.05, 0.1) is 6.10 Å². The smallest absolute Gasteiger partial charge is 0.135 e. The van der Waals surface area contributed by atoms with Crippen LogP contribution in [0.1, 0.15) is 13.8 Å². The summed E-state index contributed by atoms with van der Waals surface area (Å²) in [5, 5.41) is 3.14. The van der Waals surface area contributed by atoms with Gasteiger partial charge in [-0.3, -0.25) is 0 Å². The average Bonchev–Trinajstić information content (AvgIpc) is 2.31. The summed E-state index contributed by atoms with van der Waals surface area (Å²) in [7, 11) is 0. The molecule has 18 heavy (non-hydrogen) atoms. The lowest BCUT2D eigenvalue weighted by Crippen LogP contribution is -2.05. The number of nitrogen functional groups attached to an aromatic ring is 1. The molecule has 3 N–H and O–H groups in total. The standard InChI is InChI=1S/C13H16N4O/c1-9(2)18-11-5-3-10(4-6-11)17-13-7-12(14)15-8-16-13/h3-9H,1-2H3,(H3,14,15,16,17). The Morgan fingerprint density at radius 2 is 1.89 bits per heavy atom. The van der Waals surface area contributed by atoms with Crippen molar-refractivity contribution in [1.29, 1.82) is 0 Å². The number of anilines is 3. The van der Waals surface area contributed by atoms with Crippen LogP contribution in [-0.2, 0) is 0 Å². The van der Waals surface area contributed by atoms with Gasteiger partial charge < -0.3 is 15.8 Å². The van der Waals surface area contributed by atoms with Crippen molar-refractivity contribution in [3.8, 4) is 5.75 Å². The third-order valence-electron chi connectivity index (χ3n) is 2.19. The van der Waals surface area contributed by atoms with Crippen molar-refractivity contribution in [2.24, 2.45) is 0 Å². The van der Waals surface area contributed by atoms with E-state index in [0.717, 1.165) is 11.4 Å². The molecule has 0 aliphatic rings. The lowest BCUT2D eigenvalue weighted by Gasteiger charge is -2.10. The quantitative estimate of drug-likeness (QED) is 0.864. The Bertz CT molecular complexity index is 511. The zero-order valence-electron chi connectivity index (χ0n) is 10.4. The van der Waals surface area contributed by atoms with E-state index in [2.05, 4.69) is 15.3 Å². The molecule has 0 atom stereocenters. The molecule has 0 aliphatic heterocycles. The maximum atomic E-state index is 5.58. The van der Waals surface area contributed by atoms with E-state index in [-0.39, 0.29) is 6.10 Å². The highest BCUT2D eigenvalue weighted by molar-refractivity contribution is 5.58. The molecule has 2 aromatic rings. The van der Waals surface area contributed by atoms with Crippen LogP contribution in [-0.4, -0.2) is 16.1 Å². The third-order valence-corrected chi connectivity index (χ3v) is 2.19. The van der Waals surface area contributed by atoms with Gasteiger partial charge >= 0.3 is 0 Å². The predicted molar refractivity (Wildman–Crippen MR) is 71.9 cm³/mol. The van der Waals surface area contributed by atoms with Crippen LogP contribution in [0.4, 0.5) is 17.3 Å². The van der Waals surface area contributed by atoms with Gasteiger partial charge in [-0.15, -0.1) is 0 Å². The summed E-state index contributed by atoms with van der Waals surface area (Å²) in [6.45, 7) is 3.99. The van der Waals surface area contributed by atoms with E-state index in [0.29, 0.717) is 11.6 Å². The maximum absolute atomic E-state index is 5.58. The first-order chi connectivity index (χ1) is 8.63. The van der Waals surface area contributed by atoms with E-state index in [1.54, 1.807) is 6.07 Å². The van der Waals surface area contributed by atoms with Crippen molar-refractivity contribution in [2.45, 2.75) is 20.0 Å². The summed E-state index contributed by atoms with van der Waals surface area (Å²) in [5.41, 5.74) is 6.50. The Labute approximate surface area is 106 Å². The summed E-state index contributed by atoms with van der Waals surface area (Å²) < 4.78 is 5.57. The fourth-order valence-corrected chi connectivity index (χ4v) is 1.48. The fraction of sp³-hybridized carbons (Fsp3) is 0.231. The van der Waals surface area contributed by atoms with Crippen molar-refractivity contribution in [3.05, 3.63) is 36.7 Å². The lowest BCUT2D eigenvalue weighted by atomic mass is 10.3. The van der Waals surface area contributed by atoms with Crippen molar-refractivity contribution < 1.29 is 4.74 Å². The number of benzene rings is 1. The van der Waals surface area contributed by atoms with E-state index in [4.69, 9.17) is 10.5 Å². The Morgan fingerprint density at radius 1 is 1.17 bits per heavy atom. The van der Waals surface area contributed by atoms with Gasteiger partial charge in [0.25, 0.3) is 0 Å². The molecule has 0 bridgehead atoms. The number of nitrogens with two attached hydrogens (primary N) is 1. The molecule has 94 valence electrons. The van der Waals surface area contributed by atoms with Crippen LogP contribution in [0.5, 0.6) is 5.75 Å². The molecular weight excluding hydrogens is 228 g/mol. The Kier molecular flexibility index (Phi) is 3.62. The molecule has 0 aliphatic carbocycles. The second-order valence-electron chi connectivity index (χ2n) is 4.14. The van der Waals surface area contributed by atoms with Crippen LogP contribution in [0.3, 0.4) is 0 Å². The third kappa shape index (κ3) is 3.35. The van der Waals surface area contributed by atoms with Crippen molar-refractivity contribution in [3.63, 3.8) is 0 Å². The van der Waals surface area contributed by atoms with Gasteiger partial charge in [0.15, 0.2) is 0 Å². The lowest BCUT2D eigenvalue weighted by molar-refractivity contribution is 0.242. The van der Waals surface area contributed by atoms with E-state index in [9.17, 15) is 0 Å². The van der Waals surface area contributed by atoms with Crippen molar-refractivity contribution >= 4 is 17.3 Å². The Balaban J connectivity index is 2.06. The Hall–Kier alpha value is -2.30. The topological polar surface area (TPSA) is 73.1 Å². The van der Waals surface area contributed by atoms with Crippen LogP contribution >= 0.6 is 0 Å². The zero-order valence-corrected chi connectivity index (χ0v) is 10.4. The van der Waals surface area contributed by atoms with Gasteiger partial charge in [-0.25, -0.2) is 9.97 Å². The summed E-state index contributed by atoms with van der Waals surface area (Å²) >= 11 is 0. The van der Waals surface area contributed by atoms with E-state index >= 15 is 0 Å². The van der Waals surface area contributed by atoms with E-state index < -0.39 is 0 Å². The SMILES string of the molecule is CC(C)Oc1ccc(Nc2cc(N)ncn2)cc1. The van der Waals surface area contributed by atoms with Crippen LogP contribution in [0.25, 0.3) is 0 Å². The Morgan fingerprint density at radius 3 is 2.50 bits per heavy atom. The molecule has 0 saturated carbocycles. The summed E-state index contributed by atoms with van der Waals surface area (Å²) in [5.74, 6) is 1.95. The minimum absolute atomic E-state index is 0.172. The zero-order chi connectivity index (χ0) is 13.0. The van der Waals surface area contributed by atoms with E-state index in [1.165, 1.54) is 6.33 Å².